The summed E-state index contributed by atoms with van der Waals surface area (Å²) in [5.74, 6) is -0.232. The van der Waals surface area contributed by atoms with E-state index in [-0.39, 0.29) is 18.3 Å². The summed E-state index contributed by atoms with van der Waals surface area (Å²) in [6, 6.07) is -0.202. The van der Waals surface area contributed by atoms with Gasteiger partial charge in [0.15, 0.2) is 0 Å². The number of hydrogen-bond donors (Lipinski definition) is 1. The second-order valence-electron chi connectivity index (χ2n) is 4.02. The van der Waals surface area contributed by atoms with E-state index in [2.05, 4.69) is 4.72 Å². The zero-order chi connectivity index (χ0) is 13.1. The molecule has 7 nitrogen and oxygen atoms in total. The number of nitrogens with zero attached hydrogens (tertiary/aromatic N) is 1. The Morgan fingerprint density at radius 3 is 2.53 bits per heavy atom. The molecule has 1 saturated heterocycles. The van der Waals surface area contributed by atoms with E-state index in [4.69, 9.17) is 4.74 Å². The van der Waals surface area contributed by atoms with Gasteiger partial charge in [-0.25, -0.2) is 21.6 Å². The summed E-state index contributed by atoms with van der Waals surface area (Å²) in [4.78, 5) is 0. The van der Waals surface area contributed by atoms with E-state index >= 15 is 0 Å². The topological polar surface area (TPSA) is 92.8 Å². The standard InChI is InChI=1S/C8H18N2O5S2/c1-8-7-15-5-4-10(8)17(13,14)6-3-9-16(2,11)12/h8-9H,3-7H2,1-2H3. The molecule has 0 aromatic heterocycles. The quantitative estimate of drug-likeness (QED) is 0.670. The molecular formula is C8H18N2O5S2. The maximum absolute atomic E-state index is 11.9. The highest BCUT2D eigenvalue weighted by atomic mass is 32.2. The molecule has 0 spiro atoms. The van der Waals surface area contributed by atoms with Gasteiger partial charge >= 0.3 is 0 Å². The Labute approximate surface area is 102 Å². The molecule has 0 radical (unpaired) electrons. The van der Waals surface area contributed by atoms with Crippen LogP contribution in [-0.4, -0.2) is 65.5 Å². The van der Waals surface area contributed by atoms with Gasteiger partial charge in [0.05, 0.1) is 25.2 Å². The van der Waals surface area contributed by atoms with Crippen molar-refractivity contribution in [3.05, 3.63) is 0 Å². The van der Waals surface area contributed by atoms with Crippen molar-refractivity contribution in [2.75, 3.05) is 38.3 Å². The molecule has 1 aliphatic rings. The molecule has 0 aromatic carbocycles. The van der Waals surface area contributed by atoms with E-state index in [0.29, 0.717) is 19.8 Å². The van der Waals surface area contributed by atoms with Gasteiger partial charge in [0, 0.05) is 19.1 Å². The third kappa shape index (κ3) is 4.88. The van der Waals surface area contributed by atoms with Crippen LogP contribution in [0.15, 0.2) is 0 Å². The maximum Gasteiger partial charge on any atom is 0.215 e. The fourth-order valence-electron chi connectivity index (χ4n) is 1.60. The average Bonchev–Trinajstić information content (AvgIpc) is 2.15. The van der Waals surface area contributed by atoms with Crippen LogP contribution in [0.3, 0.4) is 0 Å². The molecular weight excluding hydrogens is 268 g/mol. The van der Waals surface area contributed by atoms with Gasteiger partial charge in [-0.15, -0.1) is 0 Å². The van der Waals surface area contributed by atoms with Crippen molar-refractivity contribution < 1.29 is 21.6 Å². The van der Waals surface area contributed by atoms with Gasteiger partial charge in [0.1, 0.15) is 0 Å². The van der Waals surface area contributed by atoms with Gasteiger partial charge < -0.3 is 4.74 Å². The van der Waals surface area contributed by atoms with E-state index in [0.717, 1.165) is 6.26 Å². The maximum atomic E-state index is 11.9. The highest BCUT2D eigenvalue weighted by Crippen LogP contribution is 2.11. The number of hydrogen-bond acceptors (Lipinski definition) is 5. The Hall–Kier alpha value is -0.220. The van der Waals surface area contributed by atoms with Crippen LogP contribution < -0.4 is 4.72 Å². The van der Waals surface area contributed by atoms with Crippen LogP contribution in [0, 0.1) is 0 Å². The molecule has 0 aromatic rings. The van der Waals surface area contributed by atoms with E-state index < -0.39 is 20.0 Å². The van der Waals surface area contributed by atoms with E-state index in [1.807, 2.05) is 0 Å². The number of ether oxygens (including phenoxy) is 1. The van der Waals surface area contributed by atoms with Crippen molar-refractivity contribution in [2.24, 2.45) is 0 Å². The van der Waals surface area contributed by atoms with Crippen LogP contribution >= 0.6 is 0 Å². The second-order valence-corrected chi connectivity index (χ2v) is 7.89. The number of morpholine rings is 1. The summed E-state index contributed by atoms with van der Waals surface area (Å²) in [6.45, 7) is 2.73. The van der Waals surface area contributed by atoms with E-state index in [9.17, 15) is 16.8 Å². The normalized spacial score (nSPS) is 23.8. The molecule has 0 saturated carbocycles. The first-order valence-electron chi connectivity index (χ1n) is 5.24. The van der Waals surface area contributed by atoms with Crippen molar-refractivity contribution in [3.63, 3.8) is 0 Å². The molecule has 17 heavy (non-hydrogen) atoms. The average molecular weight is 286 g/mol. The summed E-state index contributed by atoms with van der Waals surface area (Å²) < 4.78 is 54.1. The Kier molecular flexibility index (Phi) is 4.90. The molecule has 0 bridgehead atoms. The minimum atomic E-state index is -3.43. The predicted molar refractivity (Wildman–Crippen MR) is 63.6 cm³/mol. The molecule has 1 unspecified atom stereocenters. The Morgan fingerprint density at radius 2 is 2.00 bits per heavy atom. The summed E-state index contributed by atoms with van der Waals surface area (Å²) in [7, 11) is -6.78. The van der Waals surface area contributed by atoms with Crippen molar-refractivity contribution in [2.45, 2.75) is 13.0 Å². The largest absolute Gasteiger partial charge is 0.378 e. The Morgan fingerprint density at radius 1 is 1.35 bits per heavy atom. The number of nitrogens with one attached hydrogen (secondary N) is 1. The van der Waals surface area contributed by atoms with E-state index in [1.165, 1.54) is 4.31 Å². The molecule has 1 rings (SSSR count). The number of sulfonamides is 2. The fourth-order valence-corrected chi connectivity index (χ4v) is 3.76. The lowest BCUT2D eigenvalue weighted by Gasteiger charge is -2.32. The third-order valence-corrected chi connectivity index (χ3v) is 5.09. The molecule has 1 aliphatic heterocycles. The van der Waals surface area contributed by atoms with Crippen LogP contribution in [0.5, 0.6) is 0 Å². The zero-order valence-corrected chi connectivity index (χ0v) is 11.6. The molecule has 0 aliphatic carbocycles. The van der Waals surface area contributed by atoms with Gasteiger partial charge in [-0.05, 0) is 6.92 Å². The minimum absolute atomic E-state index is 0.106. The van der Waals surface area contributed by atoms with Crippen LogP contribution in [0.4, 0.5) is 0 Å². The van der Waals surface area contributed by atoms with Crippen molar-refractivity contribution >= 4 is 20.0 Å². The highest BCUT2D eigenvalue weighted by molar-refractivity contribution is 7.89. The Bertz CT molecular complexity index is 445. The summed E-state index contributed by atoms with van der Waals surface area (Å²) in [5.41, 5.74) is 0. The first kappa shape index (κ1) is 14.8. The molecule has 9 heteroatoms. The molecule has 0 amide bonds. The first-order valence-corrected chi connectivity index (χ1v) is 8.74. The van der Waals surface area contributed by atoms with Gasteiger partial charge in [-0.3, -0.25) is 0 Å². The van der Waals surface area contributed by atoms with Crippen LogP contribution in [0.1, 0.15) is 6.92 Å². The van der Waals surface area contributed by atoms with Gasteiger partial charge in [0.25, 0.3) is 0 Å². The summed E-state index contributed by atoms with van der Waals surface area (Å²) >= 11 is 0. The van der Waals surface area contributed by atoms with Crippen LogP contribution in [-0.2, 0) is 24.8 Å². The van der Waals surface area contributed by atoms with E-state index in [1.54, 1.807) is 6.92 Å². The smallest absolute Gasteiger partial charge is 0.215 e. The van der Waals surface area contributed by atoms with Gasteiger partial charge in [-0.1, -0.05) is 0 Å². The van der Waals surface area contributed by atoms with Crippen molar-refractivity contribution in [1.29, 1.82) is 0 Å². The lowest BCUT2D eigenvalue weighted by Crippen LogP contribution is -2.49. The van der Waals surface area contributed by atoms with Crippen LogP contribution in [0.25, 0.3) is 0 Å². The highest BCUT2D eigenvalue weighted by Gasteiger charge is 2.29. The third-order valence-electron chi connectivity index (χ3n) is 2.39. The molecule has 1 heterocycles. The molecule has 102 valence electrons. The lowest BCUT2D eigenvalue weighted by molar-refractivity contribution is 0.0393. The fraction of sp³-hybridized carbons (Fsp3) is 1.00. The first-order chi connectivity index (χ1) is 7.72. The SMILES string of the molecule is CC1COCCN1S(=O)(=O)CCNS(C)(=O)=O. The summed E-state index contributed by atoms with van der Waals surface area (Å²) in [6.07, 6.45) is 0.997. The number of rotatable bonds is 5. The second kappa shape index (κ2) is 5.61. The molecule has 1 atom stereocenters. The monoisotopic (exact) mass is 286 g/mol. The molecule has 1 fully saturated rings. The van der Waals surface area contributed by atoms with Gasteiger partial charge in [0.2, 0.25) is 20.0 Å². The minimum Gasteiger partial charge on any atom is -0.378 e. The van der Waals surface area contributed by atoms with Gasteiger partial charge in [-0.2, -0.15) is 4.31 Å². The van der Waals surface area contributed by atoms with Crippen LogP contribution in [0.2, 0.25) is 0 Å². The Balaban J connectivity index is 2.56. The summed E-state index contributed by atoms with van der Waals surface area (Å²) in [5, 5.41) is 0. The van der Waals surface area contributed by atoms with Crippen molar-refractivity contribution in [1.82, 2.24) is 9.03 Å². The van der Waals surface area contributed by atoms with Crippen molar-refractivity contribution in [3.8, 4) is 0 Å². The predicted octanol–water partition coefficient (Wildman–Crippen LogP) is -1.41. The molecule has 1 N–H and O–H groups in total. The zero-order valence-electron chi connectivity index (χ0n) is 9.92. The lowest BCUT2D eigenvalue weighted by atomic mass is 10.3.